The second kappa shape index (κ2) is 12.1. The standard InChI is InChI=1S/C22H34N4O2S.HI/c1-4-23-21(26-10-12-29-22(2,3)16-26)25-14-17-7-5-8-18(13-17)20(27)24-15-19-9-6-11-28-19;/h5,7-8,13,19H,4,6,9-12,14-16H2,1-3H3,(H,23,25)(H,24,27);1H. The molecule has 3 rings (SSSR count). The van der Waals surface area contributed by atoms with Crippen LogP contribution in [-0.4, -0.2) is 66.2 Å². The van der Waals surface area contributed by atoms with Crippen LogP contribution in [0.3, 0.4) is 0 Å². The summed E-state index contributed by atoms with van der Waals surface area (Å²) < 4.78 is 5.81. The number of halogens is 1. The Morgan fingerprint density at radius 1 is 1.37 bits per heavy atom. The van der Waals surface area contributed by atoms with Gasteiger partial charge in [-0.15, -0.1) is 24.0 Å². The first kappa shape index (κ1) is 25.3. The molecule has 1 aromatic rings. The van der Waals surface area contributed by atoms with Crippen LogP contribution in [0, 0.1) is 0 Å². The van der Waals surface area contributed by atoms with Crippen LogP contribution in [0.4, 0.5) is 0 Å². The fraction of sp³-hybridized carbons (Fsp3) is 0.636. The molecule has 1 atom stereocenters. The van der Waals surface area contributed by atoms with E-state index in [4.69, 9.17) is 9.73 Å². The second-order valence-corrected chi connectivity index (χ2v) is 10.0. The van der Waals surface area contributed by atoms with Gasteiger partial charge in [-0.25, -0.2) is 4.99 Å². The lowest BCUT2D eigenvalue weighted by atomic mass is 10.1. The Balaban J connectivity index is 0.00000320. The van der Waals surface area contributed by atoms with E-state index in [1.807, 2.05) is 36.0 Å². The minimum Gasteiger partial charge on any atom is -0.376 e. The molecule has 1 amide bonds. The van der Waals surface area contributed by atoms with Crippen molar-refractivity contribution in [2.75, 3.05) is 38.5 Å². The molecule has 2 heterocycles. The number of hydrogen-bond acceptors (Lipinski definition) is 4. The van der Waals surface area contributed by atoms with Crippen molar-refractivity contribution in [1.82, 2.24) is 15.5 Å². The first-order chi connectivity index (χ1) is 14.0. The Hall–Kier alpha value is -1.00. The van der Waals surface area contributed by atoms with E-state index in [-0.39, 0.29) is 40.7 Å². The normalized spacial score (nSPS) is 21.1. The molecule has 30 heavy (non-hydrogen) atoms. The van der Waals surface area contributed by atoms with Crippen molar-refractivity contribution < 1.29 is 9.53 Å². The first-order valence-electron chi connectivity index (χ1n) is 10.6. The minimum absolute atomic E-state index is 0. The predicted octanol–water partition coefficient (Wildman–Crippen LogP) is 3.51. The number of nitrogens with zero attached hydrogens (tertiary/aromatic N) is 2. The largest absolute Gasteiger partial charge is 0.376 e. The number of carbonyl (C=O) groups is 1. The lowest BCUT2D eigenvalue weighted by Gasteiger charge is -2.39. The molecule has 2 aliphatic rings. The van der Waals surface area contributed by atoms with E-state index < -0.39 is 0 Å². The third-order valence-electron chi connectivity index (χ3n) is 5.17. The van der Waals surface area contributed by atoms with Crippen molar-refractivity contribution in [2.24, 2.45) is 4.99 Å². The molecule has 2 aliphatic heterocycles. The average molecular weight is 547 g/mol. The van der Waals surface area contributed by atoms with Crippen LogP contribution >= 0.6 is 35.7 Å². The molecule has 0 bridgehead atoms. The number of benzene rings is 1. The van der Waals surface area contributed by atoms with Crippen molar-refractivity contribution in [3.05, 3.63) is 35.4 Å². The average Bonchev–Trinajstić information content (AvgIpc) is 3.22. The summed E-state index contributed by atoms with van der Waals surface area (Å²) in [5, 5.41) is 6.41. The highest BCUT2D eigenvalue weighted by Crippen LogP contribution is 2.29. The Morgan fingerprint density at radius 3 is 2.90 bits per heavy atom. The van der Waals surface area contributed by atoms with Crippen LogP contribution < -0.4 is 10.6 Å². The molecule has 0 radical (unpaired) electrons. The van der Waals surface area contributed by atoms with Crippen LogP contribution in [0.5, 0.6) is 0 Å². The summed E-state index contributed by atoms with van der Waals surface area (Å²) in [7, 11) is 0. The van der Waals surface area contributed by atoms with Crippen LogP contribution in [0.2, 0.25) is 0 Å². The summed E-state index contributed by atoms with van der Waals surface area (Å²) in [5.41, 5.74) is 1.71. The smallest absolute Gasteiger partial charge is 0.251 e. The Bertz CT molecular complexity index is 723. The monoisotopic (exact) mass is 546 g/mol. The van der Waals surface area contributed by atoms with E-state index >= 15 is 0 Å². The molecule has 0 spiro atoms. The van der Waals surface area contributed by atoms with Crippen molar-refractivity contribution in [3.8, 4) is 0 Å². The highest BCUT2D eigenvalue weighted by Gasteiger charge is 2.28. The number of aliphatic imine (C=N–C) groups is 1. The third-order valence-corrected chi connectivity index (χ3v) is 6.47. The highest BCUT2D eigenvalue weighted by atomic mass is 127. The van der Waals surface area contributed by atoms with Gasteiger partial charge in [0, 0.05) is 48.8 Å². The maximum absolute atomic E-state index is 12.5. The molecule has 8 heteroatoms. The van der Waals surface area contributed by atoms with Gasteiger partial charge in [0.05, 0.1) is 12.6 Å². The molecule has 168 valence electrons. The quantitative estimate of drug-likeness (QED) is 0.325. The number of ether oxygens (including phenoxy) is 1. The maximum atomic E-state index is 12.5. The molecule has 2 fully saturated rings. The SMILES string of the molecule is CCNC(=NCc1cccc(C(=O)NCC2CCCO2)c1)N1CCSC(C)(C)C1.I. The van der Waals surface area contributed by atoms with Gasteiger partial charge in [0.2, 0.25) is 0 Å². The highest BCUT2D eigenvalue weighted by molar-refractivity contribution is 14.0. The maximum Gasteiger partial charge on any atom is 0.251 e. The van der Waals surface area contributed by atoms with Crippen LogP contribution in [0.1, 0.15) is 49.5 Å². The molecule has 2 N–H and O–H groups in total. The number of nitrogens with one attached hydrogen (secondary N) is 2. The van der Waals surface area contributed by atoms with Crippen LogP contribution in [0.15, 0.2) is 29.3 Å². The van der Waals surface area contributed by atoms with E-state index in [1.54, 1.807) is 0 Å². The molecule has 0 saturated carbocycles. The molecule has 2 saturated heterocycles. The Kier molecular flexibility index (Phi) is 10.2. The van der Waals surface area contributed by atoms with Crippen molar-refractivity contribution in [3.63, 3.8) is 0 Å². The second-order valence-electron chi connectivity index (χ2n) is 8.25. The zero-order valence-corrected chi connectivity index (χ0v) is 21.4. The fourth-order valence-corrected chi connectivity index (χ4v) is 4.83. The summed E-state index contributed by atoms with van der Waals surface area (Å²) in [6.45, 7) is 11.4. The zero-order valence-electron chi connectivity index (χ0n) is 18.3. The molecule has 1 unspecified atom stereocenters. The molecule has 0 aromatic heterocycles. The summed E-state index contributed by atoms with van der Waals surface area (Å²) in [5.74, 6) is 2.01. The molecule has 0 aliphatic carbocycles. The van der Waals surface area contributed by atoms with E-state index in [0.29, 0.717) is 18.7 Å². The molecular weight excluding hydrogens is 511 g/mol. The zero-order chi connectivity index (χ0) is 20.7. The number of thioether (sulfide) groups is 1. The van der Waals surface area contributed by atoms with Crippen molar-refractivity contribution >= 4 is 47.6 Å². The van der Waals surface area contributed by atoms with Gasteiger partial charge in [0.25, 0.3) is 5.91 Å². The van der Waals surface area contributed by atoms with Crippen molar-refractivity contribution in [2.45, 2.75) is 51.0 Å². The fourth-order valence-electron chi connectivity index (χ4n) is 3.71. The summed E-state index contributed by atoms with van der Waals surface area (Å²) in [6, 6.07) is 7.75. The lowest BCUT2D eigenvalue weighted by Crippen LogP contribution is -2.50. The van der Waals surface area contributed by atoms with E-state index in [9.17, 15) is 4.79 Å². The number of hydrogen-bond donors (Lipinski definition) is 2. The van der Waals surface area contributed by atoms with Gasteiger partial charge in [0.1, 0.15) is 0 Å². The number of amides is 1. The summed E-state index contributed by atoms with van der Waals surface area (Å²) >= 11 is 2.02. The molecule has 6 nitrogen and oxygen atoms in total. The molecule has 1 aromatic carbocycles. The van der Waals surface area contributed by atoms with Crippen LogP contribution in [0.25, 0.3) is 0 Å². The van der Waals surface area contributed by atoms with Gasteiger partial charge in [-0.3, -0.25) is 4.79 Å². The topological polar surface area (TPSA) is 66.0 Å². The van der Waals surface area contributed by atoms with Gasteiger partial charge in [-0.1, -0.05) is 12.1 Å². The number of carbonyl (C=O) groups excluding carboxylic acids is 1. The lowest BCUT2D eigenvalue weighted by molar-refractivity contribution is 0.0857. The molecular formula is C22H35IN4O2S. The van der Waals surface area contributed by atoms with E-state index in [1.165, 1.54) is 0 Å². The summed E-state index contributed by atoms with van der Waals surface area (Å²) in [4.78, 5) is 19.7. The number of rotatable bonds is 6. The van der Waals surface area contributed by atoms with Gasteiger partial charge in [-0.05, 0) is 51.3 Å². The summed E-state index contributed by atoms with van der Waals surface area (Å²) in [6.07, 6.45) is 2.25. The van der Waals surface area contributed by atoms with Gasteiger partial charge in [-0.2, -0.15) is 11.8 Å². The van der Waals surface area contributed by atoms with E-state index in [0.717, 1.165) is 56.4 Å². The van der Waals surface area contributed by atoms with Crippen LogP contribution in [-0.2, 0) is 11.3 Å². The van der Waals surface area contributed by atoms with Gasteiger partial charge < -0.3 is 20.3 Å². The van der Waals surface area contributed by atoms with Gasteiger partial charge >= 0.3 is 0 Å². The van der Waals surface area contributed by atoms with Crippen molar-refractivity contribution in [1.29, 1.82) is 0 Å². The third kappa shape index (κ3) is 7.60. The first-order valence-corrected chi connectivity index (χ1v) is 11.6. The van der Waals surface area contributed by atoms with E-state index in [2.05, 4.69) is 36.3 Å². The Labute approximate surface area is 202 Å². The minimum atomic E-state index is -0.0481. The predicted molar refractivity (Wildman–Crippen MR) is 136 cm³/mol. The number of guanidine groups is 1. The Morgan fingerprint density at radius 2 is 2.20 bits per heavy atom. The van der Waals surface area contributed by atoms with Gasteiger partial charge in [0.15, 0.2) is 5.96 Å².